The van der Waals surface area contributed by atoms with Crippen LogP contribution in [-0.4, -0.2) is 37.2 Å². The van der Waals surface area contributed by atoms with E-state index in [9.17, 15) is 27.6 Å². The lowest BCUT2D eigenvalue weighted by Crippen LogP contribution is -2.41. The molecule has 0 radical (unpaired) electrons. The van der Waals surface area contributed by atoms with Crippen LogP contribution < -0.4 is 16.6 Å². The Labute approximate surface area is 195 Å². The second kappa shape index (κ2) is 10.8. The van der Waals surface area contributed by atoms with Gasteiger partial charge >= 0.3 is 11.9 Å². The number of nitrogens with one attached hydrogen (secondary N) is 2. The monoisotopic (exact) mass is 485 g/mol. The van der Waals surface area contributed by atoms with Gasteiger partial charge in [0.05, 0.1) is 5.92 Å². The van der Waals surface area contributed by atoms with Gasteiger partial charge in [-0.15, -0.1) is 0 Å². The number of imidazole rings is 1. The van der Waals surface area contributed by atoms with Gasteiger partial charge in [0.2, 0.25) is 5.91 Å². The zero-order valence-electron chi connectivity index (χ0n) is 20.0. The highest BCUT2D eigenvalue weighted by atomic mass is 19.4. The number of hydrogen-bond donors (Lipinski definition) is 2. The quantitative estimate of drug-likeness (QED) is 0.568. The van der Waals surface area contributed by atoms with Crippen molar-refractivity contribution in [2.75, 3.05) is 0 Å². The Balaban J connectivity index is 1.80. The molecule has 0 aliphatic heterocycles. The Bertz CT molecular complexity index is 1120. The fourth-order valence-electron chi connectivity index (χ4n) is 4.64. The Hall–Kier alpha value is -2.59. The average Bonchev–Trinajstić information content (AvgIpc) is 3.09. The van der Waals surface area contributed by atoms with Crippen LogP contribution in [0, 0.1) is 11.8 Å². The van der Waals surface area contributed by atoms with Gasteiger partial charge in [-0.05, 0) is 31.6 Å². The highest BCUT2D eigenvalue weighted by Gasteiger charge is 2.42. The van der Waals surface area contributed by atoms with E-state index in [0.717, 1.165) is 12.8 Å². The molecule has 0 aromatic carbocycles. The van der Waals surface area contributed by atoms with Gasteiger partial charge in [0.25, 0.3) is 5.56 Å². The molecule has 2 unspecified atom stereocenters. The average molecular weight is 486 g/mol. The molecule has 2 atom stereocenters. The van der Waals surface area contributed by atoms with E-state index in [-0.39, 0.29) is 37.5 Å². The third kappa shape index (κ3) is 6.09. The second-order valence-corrected chi connectivity index (χ2v) is 9.64. The van der Waals surface area contributed by atoms with E-state index in [1.807, 2.05) is 20.8 Å². The van der Waals surface area contributed by atoms with E-state index in [1.165, 1.54) is 4.57 Å². The van der Waals surface area contributed by atoms with E-state index in [1.54, 1.807) is 4.57 Å². The zero-order chi connectivity index (χ0) is 25.0. The maximum atomic E-state index is 13.1. The molecule has 1 amide bonds. The molecule has 0 saturated heterocycles. The number of hydrogen-bond acceptors (Lipinski definition) is 4. The number of H-pyrrole nitrogens is 1. The van der Waals surface area contributed by atoms with Crippen LogP contribution in [0.2, 0.25) is 0 Å². The predicted octanol–water partition coefficient (Wildman–Crippen LogP) is 3.51. The first-order chi connectivity index (χ1) is 16.0. The van der Waals surface area contributed by atoms with Crippen molar-refractivity contribution in [3.05, 3.63) is 26.7 Å². The molecule has 0 bridgehead atoms. The van der Waals surface area contributed by atoms with Crippen molar-refractivity contribution >= 4 is 17.1 Å². The maximum absolute atomic E-state index is 13.1. The van der Waals surface area contributed by atoms with Crippen LogP contribution in [0.15, 0.2) is 9.59 Å². The SMILES string of the molecule is CCCCn1c(=O)[nH]c(=O)c2c1nc(CCC(=O)NC1CCCC(C(F)(F)F)C1)n2CC(C)C. The van der Waals surface area contributed by atoms with Crippen molar-refractivity contribution in [1.29, 1.82) is 0 Å². The lowest BCUT2D eigenvalue weighted by molar-refractivity contribution is -0.184. The summed E-state index contributed by atoms with van der Waals surface area (Å²) in [4.78, 5) is 44.6. The second-order valence-electron chi connectivity index (χ2n) is 9.64. The minimum atomic E-state index is -4.24. The number of amides is 1. The molecule has 1 fully saturated rings. The van der Waals surface area contributed by atoms with Crippen molar-refractivity contribution in [2.45, 2.75) is 97.4 Å². The minimum absolute atomic E-state index is 0.0334. The minimum Gasteiger partial charge on any atom is -0.353 e. The first-order valence-electron chi connectivity index (χ1n) is 12.1. The summed E-state index contributed by atoms with van der Waals surface area (Å²) in [6, 6.07) is -0.496. The van der Waals surface area contributed by atoms with E-state index in [0.29, 0.717) is 42.9 Å². The van der Waals surface area contributed by atoms with E-state index in [2.05, 4.69) is 15.3 Å². The lowest BCUT2D eigenvalue weighted by atomic mass is 9.85. The van der Waals surface area contributed by atoms with Crippen LogP contribution in [-0.2, 0) is 24.3 Å². The van der Waals surface area contributed by atoms with Gasteiger partial charge in [0, 0.05) is 32.0 Å². The van der Waals surface area contributed by atoms with Crippen LogP contribution in [0.1, 0.15) is 71.5 Å². The molecule has 8 nitrogen and oxygen atoms in total. The molecule has 34 heavy (non-hydrogen) atoms. The molecule has 1 saturated carbocycles. The Kier molecular flexibility index (Phi) is 8.25. The molecule has 2 N–H and O–H groups in total. The number of nitrogens with zero attached hydrogens (tertiary/aromatic N) is 3. The van der Waals surface area contributed by atoms with Gasteiger partial charge in [-0.3, -0.25) is 19.1 Å². The number of carbonyl (C=O) groups excluding carboxylic acids is 1. The maximum Gasteiger partial charge on any atom is 0.391 e. The summed E-state index contributed by atoms with van der Waals surface area (Å²) in [5.74, 6) is -1.03. The summed E-state index contributed by atoms with van der Waals surface area (Å²) >= 11 is 0. The van der Waals surface area contributed by atoms with E-state index in [4.69, 9.17) is 0 Å². The first-order valence-corrected chi connectivity index (χ1v) is 12.1. The smallest absolute Gasteiger partial charge is 0.353 e. The van der Waals surface area contributed by atoms with Gasteiger partial charge in [-0.2, -0.15) is 13.2 Å². The molecule has 11 heteroatoms. The number of fused-ring (bicyclic) bond motifs is 1. The normalized spacial score (nSPS) is 19.1. The summed E-state index contributed by atoms with van der Waals surface area (Å²) in [7, 11) is 0. The van der Waals surface area contributed by atoms with Crippen LogP contribution in [0.25, 0.3) is 11.2 Å². The molecule has 2 aromatic heterocycles. The fourth-order valence-corrected chi connectivity index (χ4v) is 4.64. The Morgan fingerprint density at radius 1 is 1.24 bits per heavy atom. The van der Waals surface area contributed by atoms with Gasteiger partial charge in [-0.1, -0.05) is 33.6 Å². The van der Waals surface area contributed by atoms with Crippen LogP contribution in [0.4, 0.5) is 13.2 Å². The molecular weight excluding hydrogens is 451 g/mol. The summed E-state index contributed by atoms with van der Waals surface area (Å²) in [6.07, 6.45) is -1.43. The van der Waals surface area contributed by atoms with Gasteiger partial charge in [0.15, 0.2) is 11.2 Å². The summed E-state index contributed by atoms with van der Waals surface area (Å²) in [5, 5.41) is 2.75. The number of rotatable bonds is 9. The van der Waals surface area contributed by atoms with Crippen LogP contribution >= 0.6 is 0 Å². The molecular formula is C23H34F3N5O3. The molecule has 2 aromatic rings. The summed E-state index contributed by atoms with van der Waals surface area (Å²) in [5.41, 5.74) is -0.420. The van der Waals surface area contributed by atoms with Crippen molar-refractivity contribution in [3.8, 4) is 0 Å². The number of halogens is 3. The van der Waals surface area contributed by atoms with Crippen molar-refractivity contribution in [1.82, 2.24) is 24.4 Å². The number of aromatic amines is 1. The highest BCUT2D eigenvalue weighted by molar-refractivity contribution is 5.77. The predicted molar refractivity (Wildman–Crippen MR) is 123 cm³/mol. The number of alkyl halides is 3. The Morgan fingerprint density at radius 2 is 1.97 bits per heavy atom. The molecule has 0 spiro atoms. The third-order valence-electron chi connectivity index (χ3n) is 6.33. The topological polar surface area (TPSA) is 102 Å². The molecule has 1 aliphatic rings. The number of aryl methyl sites for hydroxylation is 2. The number of unbranched alkanes of at least 4 members (excludes halogenated alkanes) is 1. The van der Waals surface area contributed by atoms with Crippen molar-refractivity contribution in [3.63, 3.8) is 0 Å². The van der Waals surface area contributed by atoms with E-state index < -0.39 is 29.4 Å². The third-order valence-corrected chi connectivity index (χ3v) is 6.33. The van der Waals surface area contributed by atoms with Crippen molar-refractivity contribution in [2.24, 2.45) is 11.8 Å². The summed E-state index contributed by atoms with van der Waals surface area (Å²) < 4.78 is 42.4. The molecule has 1 aliphatic carbocycles. The first kappa shape index (κ1) is 26.0. The zero-order valence-corrected chi connectivity index (χ0v) is 20.0. The lowest BCUT2D eigenvalue weighted by Gasteiger charge is -2.31. The van der Waals surface area contributed by atoms with E-state index >= 15 is 0 Å². The molecule has 2 heterocycles. The Morgan fingerprint density at radius 3 is 2.62 bits per heavy atom. The molecule has 3 rings (SSSR count). The number of aromatic nitrogens is 4. The van der Waals surface area contributed by atoms with Gasteiger partial charge < -0.3 is 9.88 Å². The number of carbonyl (C=O) groups is 1. The van der Waals surface area contributed by atoms with Gasteiger partial charge in [0.1, 0.15) is 5.82 Å². The van der Waals surface area contributed by atoms with Gasteiger partial charge in [-0.25, -0.2) is 9.78 Å². The van der Waals surface area contributed by atoms with Crippen molar-refractivity contribution < 1.29 is 18.0 Å². The molecule has 190 valence electrons. The largest absolute Gasteiger partial charge is 0.391 e. The van der Waals surface area contributed by atoms with Crippen LogP contribution in [0.5, 0.6) is 0 Å². The van der Waals surface area contributed by atoms with Crippen LogP contribution in [0.3, 0.4) is 0 Å². The standard InChI is InChI=1S/C23H34F3N5O3/c1-4-5-11-30-20-19(21(33)29-22(30)34)31(13-14(2)3)17(28-20)9-10-18(32)27-16-8-6-7-15(12-16)23(24,25)26/h14-16H,4-13H2,1-3H3,(H,27,32)(H,29,33,34). The summed E-state index contributed by atoms with van der Waals surface area (Å²) in [6.45, 7) is 6.88. The highest BCUT2D eigenvalue weighted by Crippen LogP contribution is 2.37. The fraction of sp³-hybridized carbons (Fsp3) is 0.739.